The Labute approximate surface area is 183 Å². The number of hydrogen-bond acceptors (Lipinski definition) is 3. The van der Waals surface area contributed by atoms with Crippen molar-refractivity contribution in [2.75, 3.05) is 10.6 Å². The van der Waals surface area contributed by atoms with Gasteiger partial charge in [0.05, 0.1) is 21.8 Å². The van der Waals surface area contributed by atoms with E-state index >= 15 is 0 Å². The molecular formula is C23H20ClFN2O2S. The second-order valence-electron chi connectivity index (χ2n) is 7.14. The zero-order valence-electron chi connectivity index (χ0n) is 16.1. The van der Waals surface area contributed by atoms with Crippen molar-refractivity contribution in [3.8, 4) is 0 Å². The van der Waals surface area contributed by atoms with Gasteiger partial charge in [-0.05, 0) is 55.5 Å². The van der Waals surface area contributed by atoms with Crippen LogP contribution in [0.25, 0.3) is 0 Å². The van der Waals surface area contributed by atoms with Crippen LogP contribution in [0.5, 0.6) is 0 Å². The van der Waals surface area contributed by atoms with Crippen molar-refractivity contribution in [2.24, 2.45) is 0 Å². The highest BCUT2D eigenvalue weighted by molar-refractivity contribution is 7.17. The van der Waals surface area contributed by atoms with E-state index in [1.165, 1.54) is 29.5 Å². The first-order valence-electron chi connectivity index (χ1n) is 9.81. The second-order valence-corrected chi connectivity index (χ2v) is 8.65. The molecular weight excluding hydrogens is 423 g/mol. The van der Waals surface area contributed by atoms with Crippen LogP contribution < -0.4 is 10.6 Å². The van der Waals surface area contributed by atoms with Gasteiger partial charge in [0.15, 0.2) is 0 Å². The fraction of sp³-hybridized carbons (Fsp3) is 0.217. The van der Waals surface area contributed by atoms with Gasteiger partial charge in [-0.2, -0.15) is 0 Å². The molecule has 4 rings (SSSR count). The van der Waals surface area contributed by atoms with E-state index in [0.29, 0.717) is 21.3 Å². The van der Waals surface area contributed by atoms with Crippen LogP contribution in [0.1, 0.15) is 50.4 Å². The molecule has 0 spiro atoms. The number of halogens is 2. The topological polar surface area (TPSA) is 58.2 Å². The third-order valence-electron chi connectivity index (χ3n) is 5.12. The molecule has 30 heavy (non-hydrogen) atoms. The minimum atomic E-state index is -0.602. The summed E-state index contributed by atoms with van der Waals surface area (Å²) in [5.41, 5.74) is 1.86. The number of amides is 2. The molecule has 0 saturated heterocycles. The standard InChI is InChI=1S/C23H20ClFN2O2S/c24-16-10-5-7-12-18(16)26-22(29)20-15-9-2-1-3-13-19(15)30-23(20)27-21(28)14-8-4-6-11-17(14)25/h4-8,10-12H,1-3,9,13H2,(H,26,29)(H,27,28). The van der Waals surface area contributed by atoms with Crippen molar-refractivity contribution in [2.45, 2.75) is 32.1 Å². The predicted molar refractivity (Wildman–Crippen MR) is 119 cm³/mol. The molecule has 3 aromatic rings. The highest BCUT2D eigenvalue weighted by Crippen LogP contribution is 2.38. The maximum absolute atomic E-state index is 14.1. The summed E-state index contributed by atoms with van der Waals surface area (Å²) in [6, 6.07) is 12.8. The number of para-hydroxylation sites is 1. The molecule has 0 aliphatic heterocycles. The van der Waals surface area contributed by atoms with Gasteiger partial charge < -0.3 is 10.6 Å². The lowest BCUT2D eigenvalue weighted by molar-refractivity contribution is 0.102. The molecule has 0 bridgehead atoms. The molecule has 2 amide bonds. The van der Waals surface area contributed by atoms with E-state index in [4.69, 9.17) is 11.6 Å². The number of benzene rings is 2. The van der Waals surface area contributed by atoms with E-state index in [1.54, 1.807) is 30.3 Å². The lowest BCUT2D eigenvalue weighted by Gasteiger charge is -2.11. The van der Waals surface area contributed by atoms with Crippen molar-refractivity contribution in [3.05, 3.63) is 80.9 Å². The Morgan fingerprint density at radius 3 is 2.43 bits per heavy atom. The summed E-state index contributed by atoms with van der Waals surface area (Å²) in [5.74, 6) is -1.50. The summed E-state index contributed by atoms with van der Waals surface area (Å²) in [4.78, 5) is 27.0. The zero-order chi connectivity index (χ0) is 21.1. The first kappa shape index (κ1) is 20.6. The van der Waals surface area contributed by atoms with Gasteiger partial charge in [-0.3, -0.25) is 9.59 Å². The third kappa shape index (κ3) is 4.25. The van der Waals surface area contributed by atoms with Gasteiger partial charge in [-0.1, -0.05) is 42.3 Å². The number of rotatable bonds is 4. The minimum Gasteiger partial charge on any atom is -0.321 e. The quantitative estimate of drug-likeness (QED) is 0.465. The molecule has 7 heteroatoms. The van der Waals surface area contributed by atoms with Gasteiger partial charge in [-0.15, -0.1) is 11.3 Å². The average molecular weight is 443 g/mol. The summed E-state index contributed by atoms with van der Waals surface area (Å²) < 4.78 is 14.1. The van der Waals surface area contributed by atoms with E-state index in [1.807, 2.05) is 0 Å². The molecule has 154 valence electrons. The number of aryl methyl sites for hydroxylation is 1. The Morgan fingerprint density at radius 2 is 1.63 bits per heavy atom. The van der Waals surface area contributed by atoms with Crippen LogP contribution in [0.4, 0.5) is 15.1 Å². The van der Waals surface area contributed by atoms with Gasteiger partial charge >= 0.3 is 0 Å². The van der Waals surface area contributed by atoms with Crippen molar-refractivity contribution in [1.82, 2.24) is 0 Å². The molecule has 1 aromatic heterocycles. The Kier molecular flexibility index (Phi) is 6.16. The second kappa shape index (κ2) is 8.98. The van der Waals surface area contributed by atoms with Crippen LogP contribution in [0.15, 0.2) is 48.5 Å². The van der Waals surface area contributed by atoms with E-state index in [0.717, 1.165) is 42.5 Å². The Balaban J connectivity index is 1.70. The summed E-state index contributed by atoms with van der Waals surface area (Å²) in [6.07, 6.45) is 4.76. The van der Waals surface area contributed by atoms with E-state index < -0.39 is 11.7 Å². The number of hydrogen-bond donors (Lipinski definition) is 2. The molecule has 1 aliphatic rings. The minimum absolute atomic E-state index is 0.0569. The van der Waals surface area contributed by atoms with Crippen molar-refractivity contribution in [1.29, 1.82) is 0 Å². The van der Waals surface area contributed by atoms with Crippen molar-refractivity contribution >= 4 is 45.4 Å². The first-order chi connectivity index (χ1) is 14.5. The smallest absolute Gasteiger partial charge is 0.259 e. The van der Waals surface area contributed by atoms with E-state index in [9.17, 15) is 14.0 Å². The van der Waals surface area contributed by atoms with Gasteiger partial charge in [0.2, 0.25) is 0 Å². The lowest BCUT2D eigenvalue weighted by atomic mass is 10.0. The molecule has 0 fully saturated rings. The molecule has 0 atom stereocenters. The number of fused-ring (bicyclic) bond motifs is 1. The molecule has 2 aromatic carbocycles. The van der Waals surface area contributed by atoms with Crippen LogP contribution in [0.3, 0.4) is 0 Å². The zero-order valence-corrected chi connectivity index (χ0v) is 17.7. The molecule has 0 unspecified atom stereocenters. The number of carbonyl (C=O) groups is 2. The third-order valence-corrected chi connectivity index (χ3v) is 6.65. The Morgan fingerprint density at radius 1 is 0.900 bits per heavy atom. The van der Waals surface area contributed by atoms with Crippen LogP contribution in [-0.4, -0.2) is 11.8 Å². The largest absolute Gasteiger partial charge is 0.321 e. The molecule has 0 radical (unpaired) electrons. The fourth-order valence-electron chi connectivity index (χ4n) is 3.63. The van der Waals surface area contributed by atoms with Crippen LogP contribution >= 0.6 is 22.9 Å². The first-order valence-corrected chi connectivity index (χ1v) is 11.0. The van der Waals surface area contributed by atoms with Gasteiger partial charge in [0.25, 0.3) is 11.8 Å². The van der Waals surface area contributed by atoms with Gasteiger partial charge in [0, 0.05) is 4.88 Å². The van der Waals surface area contributed by atoms with Crippen molar-refractivity contribution in [3.63, 3.8) is 0 Å². The van der Waals surface area contributed by atoms with Crippen LogP contribution in [0.2, 0.25) is 5.02 Å². The Hall–Kier alpha value is -2.70. The van der Waals surface area contributed by atoms with Gasteiger partial charge in [-0.25, -0.2) is 4.39 Å². The van der Waals surface area contributed by atoms with E-state index in [2.05, 4.69) is 10.6 Å². The summed E-state index contributed by atoms with van der Waals surface area (Å²) in [5, 5.41) is 6.51. The summed E-state index contributed by atoms with van der Waals surface area (Å²) >= 11 is 7.60. The molecule has 1 heterocycles. The number of nitrogens with one attached hydrogen (secondary N) is 2. The predicted octanol–water partition coefficient (Wildman–Crippen LogP) is 6.31. The maximum Gasteiger partial charge on any atom is 0.259 e. The van der Waals surface area contributed by atoms with Gasteiger partial charge in [0.1, 0.15) is 10.8 Å². The maximum atomic E-state index is 14.1. The number of anilines is 2. The SMILES string of the molecule is O=C(Nc1sc2c(c1C(=O)Nc1ccccc1Cl)CCCCC2)c1ccccc1F. The van der Waals surface area contributed by atoms with E-state index in [-0.39, 0.29) is 11.5 Å². The summed E-state index contributed by atoms with van der Waals surface area (Å²) in [7, 11) is 0. The summed E-state index contributed by atoms with van der Waals surface area (Å²) in [6.45, 7) is 0. The molecule has 1 aliphatic carbocycles. The van der Waals surface area contributed by atoms with Crippen LogP contribution in [0, 0.1) is 5.82 Å². The molecule has 4 nitrogen and oxygen atoms in total. The molecule has 2 N–H and O–H groups in total. The van der Waals surface area contributed by atoms with Crippen LogP contribution in [-0.2, 0) is 12.8 Å². The number of thiophene rings is 1. The normalized spacial score (nSPS) is 13.3. The average Bonchev–Trinajstić information content (AvgIpc) is 2.90. The fourth-order valence-corrected chi connectivity index (χ4v) is 5.10. The highest BCUT2D eigenvalue weighted by Gasteiger charge is 2.26. The Bertz CT molecular complexity index is 1110. The highest BCUT2D eigenvalue weighted by atomic mass is 35.5. The number of carbonyl (C=O) groups excluding carboxylic acids is 2. The molecule has 0 saturated carbocycles. The monoisotopic (exact) mass is 442 g/mol. The van der Waals surface area contributed by atoms with Crippen molar-refractivity contribution < 1.29 is 14.0 Å². The lowest BCUT2D eigenvalue weighted by Crippen LogP contribution is -2.19.